The van der Waals surface area contributed by atoms with Gasteiger partial charge in [-0.25, -0.2) is 0 Å². The monoisotopic (exact) mass is 295 g/mol. The van der Waals surface area contributed by atoms with Gasteiger partial charge in [0.1, 0.15) is 0 Å². The molecule has 0 aliphatic carbocycles. The summed E-state index contributed by atoms with van der Waals surface area (Å²) in [4.78, 5) is 4.72. The summed E-state index contributed by atoms with van der Waals surface area (Å²) >= 11 is 0. The highest BCUT2D eigenvalue weighted by molar-refractivity contribution is 5.75. The molecule has 0 bridgehead atoms. The van der Waals surface area contributed by atoms with Gasteiger partial charge >= 0.3 is 0 Å². The lowest BCUT2D eigenvalue weighted by atomic mass is 9.90. The minimum absolute atomic E-state index is 0.0351. The van der Waals surface area contributed by atoms with E-state index in [1.165, 1.54) is 0 Å². The zero-order chi connectivity index (χ0) is 16.8. The minimum Gasteiger partial charge on any atom is -0.397 e. The van der Waals surface area contributed by atoms with E-state index < -0.39 is 0 Å². The molecule has 0 spiro atoms. The molecule has 0 amide bonds. The molecular weight excluding hydrogens is 270 g/mol. The summed E-state index contributed by atoms with van der Waals surface area (Å²) in [5, 5.41) is 8.94. The van der Waals surface area contributed by atoms with Crippen molar-refractivity contribution < 1.29 is 0 Å². The van der Waals surface area contributed by atoms with E-state index in [1.54, 1.807) is 0 Å². The number of pyridine rings is 1. The first-order chi connectivity index (χ1) is 10.4. The van der Waals surface area contributed by atoms with Crippen molar-refractivity contribution >= 4 is 5.69 Å². The number of anilines is 1. The van der Waals surface area contributed by atoms with Crippen LogP contribution in [0.1, 0.15) is 45.9 Å². The summed E-state index contributed by atoms with van der Waals surface area (Å²) in [6.45, 7) is 10.4. The Bertz CT molecular complexity index is 661. The Morgan fingerprint density at radius 3 is 2.32 bits per heavy atom. The van der Waals surface area contributed by atoms with E-state index in [0.717, 1.165) is 22.5 Å². The Kier molecular flexibility index (Phi) is 6.12. The number of nitrogens with zero attached hydrogens (tertiary/aromatic N) is 2. The molecule has 0 saturated carbocycles. The first-order valence-electron chi connectivity index (χ1n) is 7.65. The van der Waals surface area contributed by atoms with E-state index in [1.807, 2.05) is 50.2 Å². The van der Waals surface area contributed by atoms with Crippen LogP contribution < -0.4 is 5.73 Å². The summed E-state index contributed by atoms with van der Waals surface area (Å²) < 4.78 is 0. The molecule has 1 heterocycles. The Balaban J connectivity index is 0.00000116. The smallest absolute Gasteiger partial charge is 0.0937 e. The number of hydrogen-bond donors (Lipinski definition) is 1. The first-order valence-corrected chi connectivity index (χ1v) is 7.65. The van der Waals surface area contributed by atoms with Crippen LogP contribution >= 0.6 is 0 Å². The molecule has 3 heteroatoms. The highest BCUT2D eigenvalue weighted by Gasteiger charge is 2.18. The number of benzene rings is 1. The summed E-state index contributed by atoms with van der Waals surface area (Å²) in [5.74, 6) is 0. The molecule has 0 atom stereocenters. The summed E-state index contributed by atoms with van der Waals surface area (Å²) in [6, 6.07) is 13.8. The third-order valence-electron chi connectivity index (χ3n) is 3.24. The average Bonchev–Trinajstić information content (AvgIpc) is 2.50. The van der Waals surface area contributed by atoms with E-state index in [9.17, 15) is 0 Å². The van der Waals surface area contributed by atoms with Crippen LogP contribution in [0.3, 0.4) is 0 Å². The molecule has 1 aromatic heterocycles. The molecule has 0 aliphatic rings. The van der Waals surface area contributed by atoms with Gasteiger partial charge in [-0.05, 0) is 17.7 Å². The third-order valence-corrected chi connectivity index (χ3v) is 3.24. The van der Waals surface area contributed by atoms with Crippen molar-refractivity contribution in [1.29, 1.82) is 5.26 Å². The van der Waals surface area contributed by atoms with Crippen molar-refractivity contribution in [3.63, 3.8) is 0 Å². The van der Waals surface area contributed by atoms with Gasteiger partial charge in [0.25, 0.3) is 0 Å². The molecule has 1 aromatic carbocycles. The molecule has 22 heavy (non-hydrogen) atoms. The fraction of sp³-hybridized carbons (Fsp3) is 0.368. The van der Waals surface area contributed by atoms with Gasteiger partial charge in [-0.3, -0.25) is 4.98 Å². The van der Waals surface area contributed by atoms with Crippen molar-refractivity contribution in [3.05, 3.63) is 47.7 Å². The van der Waals surface area contributed by atoms with Crippen molar-refractivity contribution in [1.82, 2.24) is 4.98 Å². The van der Waals surface area contributed by atoms with Gasteiger partial charge in [0.15, 0.2) is 0 Å². The molecule has 2 rings (SSSR count). The van der Waals surface area contributed by atoms with Gasteiger partial charge in [0.05, 0.1) is 23.9 Å². The van der Waals surface area contributed by atoms with Crippen LogP contribution in [0.4, 0.5) is 5.69 Å². The quantitative estimate of drug-likeness (QED) is 0.871. The van der Waals surface area contributed by atoms with E-state index in [-0.39, 0.29) is 5.41 Å². The number of hydrogen-bond acceptors (Lipinski definition) is 3. The Morgan fingerprint density at radius 2 is 1.73 bits per heavy atom. The summed E-state index contributed by atoms with van der Waals surface area (Å²) in [6.07, 6.45) is 0.358. The van der Waals surface area contributed by atoms with Gasteiger partial charge in [-0.2, -0.15) is 5.26 Å². The van der Waals surface area contributed by atoms with Crippen molar-refractivity contribution in [2.45, 2.75) is 46.5 Å². The van der Waals surface area contributed by atoms with Gasteiger partial charge in [-0.1, -0.05) is 58.9 Å². The molecule has 2 N–H and O–H groups in total. The molecule has 116 valence electrons. The van der Waals surface area contributed by atoms with Crippen molar-refractivity contribution in [3.8, 4) is 17.3 Å². The maximum Gasteiger partial charge on any atom is 0.0937 e. The molecule has 3 nitrogen and oxygen atoms in total. The number of rotatable bonds is 2. The zero-order valence-electron chi connectivity index (χ0n) is 14.1. The van der Waals surface area contributed by atoms with Gasteiger partial charge in [0, 0.05) is 16.7 Å². The number of nitrogen functional groups attached to an aromatic ring is 1. The molecule has 2 aromatic rings. The first kappa shape index (κ1) is 17.7. The minimum atomic E-state index is -0.0351. The van der Waals surface area contributed by atoms with E-state index in [4.69, 9.17) is 16.0 Å². The SMILES string of the molecule is CC.CC(C)(C)c1ccc(N)c(-c2ccccc2CC#N)n1. The molecule has 0 radical (unpaired) electrons. The summed E-state index contributed by atoms with van der Waals surface area (Å²) in [5.41, 5.74) is 10.4. The topological polar surface area (TPSA) is 62.7 Å². The predicted molar refractivity (Wildman–Crippen MR) is 93.5 cm³/mol. The fourth-order valence-corrected chi connectivity index (χ4v) is 2.09. The molecule has 0 saturated heterocycles. The Labute approximate surface area is 133 Å². The molecule has 0 aliphatic heterocycles. The average molecular weight is 295 g/mol. The van der Waals surface area contributed by atoms with Gasteiger partial charge in [0.2, 0.25) is 0 Å². The Hall–Kier alpha value is -2.34. The van der Waals surface area contributed by atoms with Gasteiger partial charge < -0.3 is 5.73 Å². The molecule has 0 unspecified atom stereocenters. The van der Waals surface area contributed by atoms with Crippen LogP contribution in [0.25, 0.3) is 11.3 Å². The van der Waals surface area contributed by atoms with Crippen LogP contribution in [0.15, 0.2) is 36.4 Å². The molecular formula is C19H25N3. The predicted octanol–water partition coefficient (Wildman–Crippen LogP) is 4.72. The molecule has 0 fully saturated rings. The standard InChI is InChI=1S/C17H19N3.C2H6/c1-17(2,3)15-9-8-14(19)16(20-15)13-7-5-4-6-12(13)10-11-18;1-2/h4-9H,10,19H2,1-3H3;1-2H3. The zero-order valence-corrected chi connectivity index (χ0v) is 14.1. The second kappa shape index (κ2) is 7.61. The lowest BCUT2D eigenvalue weighted by molar-refractivity contribution is 0.570. The van der Waals surface area contributed by atoms with Crippen LogP contribution in [0.2, 0.25) is 0 Å². The second-order valence-electron chi connectivity index (χ2n) is 5.88. The van der Waals surface area contributed by atoms with Crippen molar-refractivity contribution in [2.24, 2.45) is 0 Å². The maximum atomic E-state index is 8.94. The van der Waals surface area contributed by atoms with Crippen LogP contribution in [-0.4, -0.2) is 4.98 Å². The van der Waals surface area contributed by atoms with E-state index >= 15 is 0 Å². The second-order valence-corrected chi connectivity index (χ2v) is 5.88. The van der Waals surface area contributed by atoms with Crippen molar-refractivity contribution in [2.75, 3.05) is 5.73 Å². The highest BCUT2D eigenvalue weighted by Crippen LogP contribution is 2.30. The largest absolute Gasteiger partial charge is 0.397 e. The number of nitrogens with two attached hydrogens (primary N) is 1. The number of aromatic nitrogens is 1. The lowest BCUT2D eigenvalue weighted by Crippen LogP contribution is -2.14. The fourth-order valence-electron chi connectivity index (χ4n) is 2.09. The summed E-state index contributed by atoms with van der Waals surface area (Å²) in [7, 11) is 0. The van der Waals surface area contributed by atoms with Crippen LogP contribution in [0.5, 0.6) is 0 Å². The van der Waals surface area contributed by atoms with Gasteiger partial charge in [-0.15, -0.1) is 0 Å². The highest BCUT2D eigenvalue weighted by atomic mass is 14.8. The Morgan fingerprint density at radius 1 is 1.09 bits per heavy atom. The van der Waals surface area contributed by atoms with E-state index in [0.29, 0.717) is 12.1 Å². The van der Waals surface area contributed by atoms with Crippen LogP contribution in [0, 0.1) is 11.3 Å². The number of nitriles is 1. The normalized spacial score (nSPS) is 10.4. The lowest BCUT2D eigenvalue weighted by Gasteiger charge is -2.20. The maximum absolute atomic E-state index is 8.94. The third kappa shape index (κ3) is 4.08. The van der Waals surface area contributed by atoms with Crippen LogP contribution in [-0.2, 0) is 11.8 Å². The van der Waals surface area contributed by atoms with E-state index in [2.05, 4.69) is 26.8 Å².